The minimum atomic E-state index is -0.792. The first kappa shape index (κ1) is 12.2. The molecule has 0 bridgehead atoms. The van der Waals surface area contributed by atoms with Crippen LogP contribution < -0.4 is 0 Å². The lowest BCUT2D eigenvalue weighted by atomic mass is 9.75. The van der Waals surface area contributed by atoms with Gasteiger partial charge in [0.25, 0.3) is 0 Å². The Morgan fingerprint density at radius 1 is 1.38 bits per heavy atom. The Hall–Kier alpha value is -0.240. The van der Waals surface area contributed by atoms with Crippen molar-refractivity contribution in [3.05, 3.63) is 33.8 Å². The first-order valence-corrected chi connectivity index (χ1v) is 6.45. The summed E-state index contributed by atoms with van der Waals surface area (Å²) >= 11 is 12.1. The predicted molar refractivity (Wildman–Crippen MR) is 68.0 cm³/mol. The lowest BCUT2D eigenvalue weighted by Gasteiger charge is -2.36. The average Bonchev–Trinajstić information content (AvgIpc) is 2.21. The number of halogens is 2. The molecule has 0 saturated heterocycles. The molecule has 1 aromatic rings. The predicted octanol–water partition coefficient (Wildman–Crippen LogP) is 4.39. The summed E-state index contributed by atoms with van der Waals surface area (Å²) in [5.74, 6) is 0.536. The Balaban J connectivity index is 2.37. The lowest BCUT2D eigenvalue weighted by molar-refractivity contribution is -0.0177. The van der Waals surface area contributed by atoms with Gasteiger partial charge in [0.1, 0.15) is 0 Å². The van der Waals surface area contributed by atoms with Crippen LogP contribution in [0.15, 0.2) is 18.2 Å². The molecule has 1 fully saturated rings. The summed E-state index contributed by atoms with van der Waals surface area (Å²) in [6, 6.07) is 5.31. The van der Waals surface area contributed by atoms with Crippen LogP contribution in [0.2, 0.25) is 10.0 Å². The Bertz CT molecular complexity index is 392. The van der Waals surface area contributed by atoms with E-state index in [2.05, 4.69) is 6.92 Å². The number of hydrogen-bond acceptors (Lipinski definition) is 1. The third-order valence-corrected chi connectivity index (χ3v) is 3.97. The van der Waals surface area contributed by atoms with Crippen LogP contribution in [-0.4, -0.2) is 5.11 Å². The largest absolute Gasteiger partial charge is 0.385 e. The molecule has 3 heteroatoms. The van der Waals surface area contributed by atoms with Gasteiger partial charge in [-0.25, -0.2) is 0 Å². The average molecular weight is 259 g/mol. The van der Waals surface area contributed by atoms with Gasteiger partial charge >= 0.3 is 0 Å². The van der Waals surface area contributed by atoms with Gasteiger partial charge in [0.05, 0.1) is 5.60 Å². The molecule has 2 rings (SSSR count). The molecule has 0 heterocycles. The number of rotatable bonds is 1. The molecule has 0 amide bonds. The van der Waals surface area contributed by atoms with Crippen molar-refractivity contribution >= 4 is 23.2 Å². The zero-order chi connectivity index (χ0) is 11.8. The van der Waals surface area contributed by atoms with Gasteiger partial charge in [-0.15, -0.1) is 0 Å². The fourth-order valence-electron chi connectivity index (χ4n) is 2.62. The molecule has 0 spiro atoms. The van der Waals surface area contributed by atoms with Gasteiger partial charge in [-0.1, -0.05) is 36.5 Å². The van der Waals surface area contributed by atoms with Crippen LogP contribution in [0, 0.1) is 5.92 Å². The minimum Gasteiger partial charge on any atom is -0.385 e. The van der Waals surface area contributed by atoms with Crippen LogP contribution in [0.1, 0.15) is 38.2 Å². The van der Waals surface area contributed by atoms with E-state index < -0.39 is 5.60 Å². The van der Waals surface area contributed by atoms with Crippen LogP contribution >= 0.6 is 23.2 Å². The maximum absolute atomic E-state index is 10.7. The van der Waals surface area contributed by atoms with E-state index in [1.54, 1.807) is 18.2 Å². The van der Waals surface area contributed by atoms with Crippen molar-refractivity contribution < 1.29 is 5.11 Å². The van der Waals surface area contributed by atoms with Gasteiger partial charge < -0.3 is 5.11 Å². The SMILES string of the molecule is CC1CCCC(O)(c2cc(Cl)ccc2Cl)C1. The molecule has 1 aliphatic rings. The van der Waals surface area contributed by atoms with Crippen molar-refractivity contribution in [2.24, 2.45) is 5.92 Å². The van der Waals surface area contributed by atoms with E-state index in [4.69, 9.17) is 23.2 Å². The molecule has 1 aromatic carbocycles. The van der Waals surface area contributed by atoms with Crippen molar-refractivity contribution in [1.82, 2.24) is 0 Å². The highest BCUT2D eigenvalue weighted by Gasteiger charge is 2.35. The minimum absolute atomic E-state index is 0.536. The van der Waals surface area contributed by atoms with E-state index >= 15 is 0 Å². The van der Waals surface area contributed by atoms with Gasteiger partial charge in [0, 0.05) is 15.6 Å². The molecule has 0 aliphatic heterocycles. The van der Waals surface area contributed by atoms with Crippen LogP contribution in [0.5, 0.6) is 0 Å². The summed E-state index contributed by atoms with van der Waals surface area (Å²) < 4.78 is 0. The molecule has 1 nitrogen and oxygen atoms in total. The molecular weight excluding hydrogens is 243 g/mol. The number of benzene rings is 1. The van der Waals surface area contributed by atoms with E-state index in [1.807, 2.05) is 0 Å². The molecular formula is C13H16Cl2O. The fourth-order valence-corrected chi connectivity index (χ4v) is 3.09. The summed E-state index contributed by atoms with van der Waals surface area (Å²) in [6.45, 7) is 2.17. The van der Waals surface area contributed by atoms with Crippen LogP contribution in [0.4, 0.5) is 0 Å². The fraction of sp³-hybridized carbons (Fsp3) is 0.538. The summed E-state index contributed by atoms with van der Waals surface area (Å²) in [5, 5.41) is 11.9. The molecule has 1 aliphatic carbocycles. The molecule has 2 atom stereocenters. The van der Waals surface area contributed by atoms with E-state index in [1.165, 1.54) is 6.42 Å². The van der Waals surface area contributed by atoms with E-state index in [0.29, 0.717) is 16.0 Å². The van der Waals surface area contributed by atoms with Crippen molar-refractivity contribution in [2.75, 3.05) is 0 Å². The number of aliphatic hydroxyl groups is 1. The highest BCUT2D eigenvalue weighted by molar-refractivity contribution is 6.33. The second-order valence-corrected chi connectivity index (χ2v) is 5.70. The summed E-state index contributed by atoms with van der Waals surface area (Å²) in [4.78, 5) is 0. The molecule has 0 radical (unpaired) electrons. The Labute approximate surface area is 106 Å². The Morgan fingerprint density at radius 3 is 2.81 bits per heavy atom. The summed E-state index contributed by atoms with van der Waals surface area (Å²) in [7, 11) is 0. The second kappa shape index (κ2) is 4.56. The van der Waals surface area contributed by atoms with E-state index in [9.17, 15) is 5.11 Å². The highest BCUT2D eigenvalue weighted by atomic mass is 35.5. The molecule has 1 N–H and O–H groups in total. The first-order valence-electron chi connectivity index (χ1n) is 5.69. The molecule has 16 heavy (non-hydrogen) atoms. The van der Waals surface area contributed by atoms with Crippen molar-refractivity contribution in [3.8, 4) is 0 Å². The zero-order valence-electron chi connectivity index (χ0n) is 9.34. The van der Waals surface area contributed by atoms with Crippen LogP contribution in [0.25, 0.3) is 0 Å². The lowest BCUT2D eigenvalue weighted by Crippen LogP contribution is -2.32. The van der Waals surface area contributed by atoms with Gasteiger partial charge in [0.2, 0.25) is 0 Å². The monoisotopic (exact) mass is 258 g/mol. The Morgan fingerprint density at radius 2 is 2.12 bits per heavy atom. The maximum atomic E-state index is 10.7. The zero-order valence-corrected chi connectivity index (χ0v) is 10.9. The summed E-state index contributed by atoms with van der Waals surface area (Å²) in [6.07, 6.45) is 3.77. The van der Waals surface area contributed by atoms with Gasteiger partial charge in [-0.3, -0.25) is 0 Å². The molecule has 2 unspecified atom stereocenters. The topological polar surface area (TPSA) is 20.2 Å². The molecule has 1 saturated carbocycles. The van der Waals surface area contributed by atoms with Crippen LogP contribution in [0.3, 0.4) is 0 Å². The smallest absolute Gasteiger partial charge is 0.0914 e. The van der Waals surface area contributed by atoms with Crippen molar-refractivity contribution in [3.63, 3.8) is 0 Å². The quantitative estimate of drug-likeness (QED) is 0.792. The van der Waals surface area contributed by atoms with E-state index in [0.717, 1.165) is 24.8 Å². The third kappa shape index (κ3) is 2.37. The number of hydrogen-bond donors (Lipinski definition) is 1. The molecule has 88 valence electrons. The highest BCUT2D eigenvalue weighted by Crippen LogP contribution is 2.42. The van der Waals surface area contributed by atoms with Gasteiger partial charge in [0.15, 0.2) is 0 Å². The normalized spacial score (nSPS) is 30.4. The van der Waals surface area contributed by atoms with Crippen molar-refractivity contribution in [1.29, 1.82) is 0 Å². The van der Waals surface area contributed by atoms with Gasteiger partial charge in [-0.05, 0) is 43.4 Å². The maximum Gasteiger partial charge on any atom is 0.0914 e. The molecule has 0 aromatic heterocycles. The van der Waals surface area contributed by atoms with Gasteiger partial charge in [-0.2, -0.15) is 0 Å². The standard InChI is InChI=1S/C13H16Cl2O/c1-9-3-2-6-13(16,8-9)11-7-10(14)4-5-12(11)15/h4-5,7,9,16H,2-3,6,8H2,1H3. The summed E-state index contributed by atoms with van der Waals surface area (Å²) in [5.41, 5.74) is -0.00663. The second-order valence-electron chi connectivity index (χ2n) is 4.86. The van der Waals surface area contributed by atoms with Crippen molar-refractivity contribution in [2.45, 2.75) is 38.2 Å². The third-order valence-electron chi connectivity index (χ3n) is 3.40. The first-order chi connectivity index (χ1) is 7.51. The van der Waals surface area contributed by atoms with E-state index in [-0.39, 0.29) is 0 Å². The Kier molecular flexibility index (Phi) is 3.48. The van der Waals surface area contributed by atoms with Crippen LogP contribution in [-0.2, 0) is 5.60 Å².